The van der Waals surface area contributed by atoms with Crippen LogP contribution < -0.4 is 0 Å². The molecule has 0 unspecified atom stereocenters. The first-order valence-corrected chi connectivity index (χ1v) is 7.23. The zero-order valence-electron chi connectivity index (χ0n) is 8.84. The lowest BCUT2D eigenvalue weighted by Gasteiger charge is -2.30. The van der Waals surface area contributed by atoms with Crippen LogP contribution >= 0.6 is 45.7 Å². The van der Waals surface area contributed by atoms with E-state index in [1.54, 1.807) is 0 Å². The van der Waals surface area contributed by atoms with Gasteiger partial charge in [-0.2, -0.15) is 0 Å². The average molecular weight is 420 g/mol. The summed E-state index contributed by atoms with van der Waals surface area (Å²) in [7, 11) is 0. The molecule has 4 heteroatoms. The summed E-state index contributed by atoms with van der Waals surface area (Å²) in [6.45, 7) is 4.44. The highest BCUT2D eigenvalue weighted by molar-refractivity contribution is 14.1. The minimum Gasteiger partial charge on any atom is -0.300 e. The van der Waals surface area contributed by atoms with E-state index in [4.69, 9.17) is 0 Å². The molecule has 0 aliphatic heterocycles. The Balaban J connectivity index is 2.61. The minimum atomic E-state index is 0.547. The fourth-order valence-corrected chi connectivity index (χ4v) is 3.45. The van der Waals surface area contributed by atoms with Crippen molar-refractivity contribution in [3.05, 3.63) is 0 Å². The van der Waals surface area contributed by atoms with Crippen molar-refractivity contribution in [3.63, 3.8) is 0 Å². The molecule has 0 radical (unpaired) electrons. The van der Waals surface area contributed by atoms with Gasteiger partial charge in [-0.1, -0.05) is 19.3 Å². The van der Waals surface area contributed by atoms with Crippen molar-refractivity contribution < 1.29 is 0 Å². The van der Waals surface area contributed by atoms with Gasteiger partial charge in [0.1, 0.15) is 5.84 Å². The van der Waals surface area contributed by atoms with E-state index >= 15 is 0 Å². The Kier molecular flexibility index (Phi) is 6.03. The molecule has 0 amide bonds. The van der Waals surface area contributed by atoms with Gasteiger partial charge < -0.3 is 0 Å². The Hall–Kier alpha value is 0.930. The Morgan fingerprint density at radius 3 is 2.29 bits per heavy atom. The number of hydrogen-bond donors (Lipinski definition) is 0. The predicted molar refractivity (Wildman–Crippen MR) is 79.0 cm³/mol. The van der Waals surface area contributed by atoms with E-state index in [1.807, 2.05) is 0 Å². The van der Waals surface area contributed by atoms with Crippen molar-refractivity contribution in [2.24, 2.45) is 9.12 Å². The Labute approximate surface area is 115 Å². The molecule has 0 N–H and O–H groups in total. The molecule has 0 saturated heterocycles. The second-order valence-electron chi connectivity index (χ2n) is 4.18. The van der Waals surface area contributed by atoms with Gasteiger partial charge in [-0.15, -0.1) is 0 Å². The molecule has 14 heavy (non-hydrogen) atoms. The molecular weight excluding hydrogens is 402 g/mol. The summed E-state index contributed by atoms with van der Waals surface area (Å²) in [4.78, 5) is 0. The van der Waals surface area contributed by atoms with Gasteiger partial charge in [0.25, 0.3) is 0 Å². The highest BCUT2D eigenvalue weighted by Crippen LogP contribution is 2.28. The third kappa shape index (κ3) is 3.50. The van der Waals surface area contributed by atoms with Crippen molar-refractivity contribution in [3.8, 4) is 0 Å². The second kappa shape index (κ2) is 6.50. The highest BCUT2D eigenvalue weighted by atomic mass is 127. The lowest BCUT2D eigenvalue weighted by atomic mass is 9.88. The van der Waals surface area contributed by atoms with Crippen LogP contribution in [0.5, 0.6) is 0 Å². The van der Waals surface area contributed by atoms with Crippen molar-refractivity contribution in [1.82, 2.24) is 3.11 Å². The first-order valence-electron chi connectivity index (χ1n) is 5.30. The molecule has 1 aliphatic carbocycles. The van der Waals surface area contributed by atoms with Crippen LogP contribution in [0.3, 0.4) is 0 Å². The molecule has 82 valence electrons. The predicted octanol–water partition coefficient (Wildman–Crippen LogP) is 4.38. The van der Waals surface area contributed by atoms with E-state index in [-0.39, 0.29) is 0 Å². The minimum absolute atomic E-state index is 0.547. The quantitative estimate of drug-likeness (QED) is 0.281. The van der Waals surface area contributed by atoms with Crippen LogP contribution in [0.4, 0.5) is 0 Å². The molecule has 0 heterocycles. The topological polar surface area (TPSA) is 15.6 Å². The van der Waals surface area contributed by atoms with E-state index < -0.39 is 0 Å². The van der Waals surface area contributed by atoms with Gasteiger partial charge in [0.2, 0.25) is 0 Å². The Morgan fingerprint density at radius 2 is 1.86 bits per heavy atom. The smallest absolute Gasteiger partial charge is 0.123 e. The van der Waals surface area contributed by atoms with Crippen LogP contribution in [0.1, 0.15) is 46.0 Å². The highest BCUT2D eigenvalue weighted by Gasteiger charge is 2.24. The fourth-order valence-electron chi connectivity index (χ4n) is 1.90. The van der Waals surface area contributed by atoms with Crippen LogP contribution in [0.2, 0.25) is 0 Å². The van der Waals surface area contributed by atoms with Gasteiger partial charge in [-0.25, -0.2) is 3.21 Å². The van der Waals surface area contributed by atoms with E-state index in [0.29, 0.717) is 12.0 Å². The number of hydrogen-bond acceptors (Lipinski definition) is 1. The zero-order chi connectivity index (χ0) is 10.6. The molecule has 0 aromatic heterocycles. The second-order valence-corrected chi connectivity index (χ2v) is 5.70. The normalized spacial score (nSPS) is 20.2. The monoisotopic (exact) mass is 420 g/mol. The summed E-state index contributed by atoms with van der Waals surface area (Å²) in [5.41, 5.74) is 0. The van der Waals surface area contributed by atoms with Gasteiger partial charge >= 0.3 is 0 Å². The van der Waals surface area contributed by atoms with Crippen molar-refractivity contribution >= 4 is 51.6 Å². The first kappa shape index (κ1) is 13.0. The summed E-state index contributed by atoms with van der Waals surface area (Å²) in [5.74, 6) is 2.00. The molecule has 1 saturated carbocycles. The van der Waals surface area contributed by atoms with Crippen LogP contribution in [-0.4, -0.2) is 15.0 Å². The van der Waals surface area contributed by atoms with Crippen LogP contribution in [0.25, 0.3) is 0 Å². The molecule has 0 bridgehead atoms. The van der Waals surface area contributed by atoms with Crippen LogP contribution in [0.15, 0.2) is 3.21 Å². The van der Waals surface area contributed by atoms with Crippen molar-refractivity contribution in [2.45, 2.75) is 52.0 Å². The lowest BCUT2D eigenvalue weighted by Crippen LogP contribution is -2.34. The van der Waals surface area contributed by atoms with Crippen LogP contribution in [0, 0.1) is 5.92 Å². The summed E-state index contributed by atoms with van der Waals surface area (Å²) in [5, 5.41) is 0. The number of nitrogens with zero attached hydrogens (tertiary/aromatic N) is 2. The Morgan fingerprint density at radius 1 is 1.29 bits per heavy atom. The van der Waals surface area contributed by atoms with Crippen molar-refractivity contribution in [2.75, 3.05) is 0 Å². The lowest BCUT2D eigenvalue weighted by molar-refractivity contribution is 0.413. The molecule has 0 spiro atoms. The van der Waals surface area contributed by atoms with Gasteiger partial charge in [0.05, 0.1) is 45.7 Å². The summed E-state index contributed by atoms with van der Waals surface area (Å²) in [6.07, 6.45) is 6.82. The SMILES string of the molecule is CC(C)N(I)C(=NI)C1CCCCC1. The molecule has 0 aromatic carbocycles. The maximum Gasteiger partial charge on any atom is 0.123 e. The maximum atomic E-state index is 4.44. The third-order valence-corrected chi connectivity index (χ3v) is 4.83. The average Bonchev–Trinajstić information content (AvgIpc) is 2.20. The van der Waals surface area contributed by atoms with Gasteiger partial charge in [0.15, 0.2) is 0 Å². The van der Waals surface area contributed by atoms with Gasteiger partial charge in [0, 0.05) is 12.0 Å². The molecule has 1 rings (SSSR count). The number of rotatable bonds is 2. The fraction of sp³-hybridized carbons (Fsp3) is 0.900. The molecule has 1 aliphatic rings. The largest absolute Gasteiger partial charge is 0.300 e. The van der Waals surface area contributed by atoms with Crippen molar-refractivity contribution in [1.29, 1.82) is 0 Å². The molecular formula is C10H18I2N2. The number of amidine groups is 1. The van der Waals surface area contributed by atoms with E-state index in [2.05, 4.69) is 65.9 Å². The molecule has 0 atom stereocenters. The summed E-state index contributed by atoms with van der Waals surface area (Å²) in [6, 6.07) is 0.547. The first-order chi connectivity index (χ1) is 6.66. The van der Waals surface area contributed by atoms with Crippen LogP contribution in [-0.2, 0) is 0 Å². The molecule has 0 aromatic rings. The summed E-state index contributed by atoms with van der Waals surface area (Å²) >= 11 is 4.54. The number of halogens is 2. The standard InChI is InChI=1S/C10H18I2N2/c1-8(2)14(12)10(13-11)9-6-4-3-5-7-9/h8-9H,3-7H2,1-2H3. The van der Waals surface area contributed by atoms with Gasteiger partial charge in [-0.3, -0.25) is 3.11 Å². The van der Waals surface area contributed by atoms with E-state index in [1.165, 1.54) is 37.9 Å². The molecule has 2 nitrogen and oxygen atoms in total. The maximum absolute atomic E-state index is 4.44. The molecule has 1 fully saturated rings. The Bertz CT molecular complexity index is 198. The van der Waals surface area contributed by atoms with Gasteiger partial charge in [-0.05, 0) is 26.7 Å². The van der Waals surface area contributed by atoms with E-state index in [9.17, 15) is 0 Å². The van der Waals surface area contributed by atoms with E-state index in [0.717, 1.165) is 0 Å². The zero-order valence-corrected chi connectivity index (χ0v) is 13.2. The summed E-state index contributed by atoms with van der Waals surface area (Å²) < 4.78 is 6.73. The third-order valence-electron chi connectivity index (χ3n) is 2.73.